The predicted molar refractivity (Wildman–Crippen MR) is 85.3 cm³/mol. The van der Waals surface area contributed by atoms with Gasteiger partial charge in [-0.2, -0.15) is 0 Å². The highest BCUT2D eigenvalue weighted by molar-refractivity contribution is 6.14. The maximum absolute atomic E-state index is 12.8. The average molecular weight is 277 g/mol. The van der Waals surface area contributed by atoms with Crippen LogP contribution in [0.3, 0.4) is 0 Å². The molecule has 0 aliphatic rings. The van der Waals surface area contributed by atoms with Gasteiger partial charge in [0.15, 0.2) is 0 Å². The first-order chi connectivity index (χ1) is 10.2. The van der Waals surface area contributed by atoms with Crippen molar-refractivity contribution in [2.75, 3.05) is 17.7 Å². The number of nitrogens with zero attached hydrogens (tertiary/aromatic N) is 2. The van der Waals surface area contributed by atoms with Crippen LogP contribution in [-0.2, 0) is 0 Å². The third-order valence-corrected chi connectivity index (χ3v) is 3.48. The fraction of sp³-hybridized carbons (Fsp3) is 0.0588. The lowest BCUT2D eigenvalue weighted by molar-refractivity contribution is 0.0994. The lowest BCUT2D eigenvalue weighted by Gasteiger charge is -2.19. The Morgan fingerprint density at radius 1 is 1.05 bits per heavy atom. The van der Waals surface area contributed by atoms with E-state index in [1.165, 1.54) is 0 Å². The molecule has 3 rings (SSSR count). The number of amides is 1. The molecule has 2 aromatic carbocycles. The van der Waals surface area contributed by atoms with Gasteiger partial charge in [-0.15, -0.1) is 0 Å². The zero-order chi connectivity index (χ0) is 14.8. The third kappa shape index (κ3) is 2.31. The standard InChI is InChI=1S/C17H15N3O/c1-20(16-9-5-3-7-14(16)18)17(21)13-10-11-19-15-8-4-2-6-12(13)15/h2-11H,18H2,1H3. The van der Waals surface area contributed by atoms with Crippen LogP contribution in [0.25, 0.3) is 10.9 Å². The molecule has 1 amide bonds. The van der Waals surface area contributed by atoms with Crippen LogP contribution in [0.1, 0.15) is 10.4 Å². The Hall–Kier alpha value is -2.88. The fourth-order valence-electron chi connectivity index (χ4n) is 2.37. The molecule has 2 N–H and O–H groups in total. The van der Waals surface area contributed by atoms with Gasteiger partial charge in [-0.05, 0) is 24.3 Å². The number of carbonyl (C=O) groups is 1. The van der Waals surface area contributed by atoms with E-state index < -0.39 is 0 Å². The van der Waals surface area contributed by atoms with Gasteiger partial charge in [0.25, 0.3) is 5.91 Å². The van der Waals surface area contributed by atoms with Crippen LogP contribution in [0.5, 0.6) is 0 Å². The second-order valence-corrected chi connectivity index (χ2v) is 4.80. The van der Waals surface area contributed by atoms with Crippen molar-refractivity contribution in [3.05, 3.63) is 66.4 Å². The second kappa shape index (κ2) is 5.25. The SMILES string of the molecule is CN(C(=O)c1ccnc2ccccc12)c1ccccc1N. The molecule has 1 aromatic heterocycles. The van der Waals surface area contributed by atoms with E-state index in [0.29, 0.717) is 16.9 Å². The molecular weight excluding hydrogens is 262 g/mol. The number of para-hydroxylation sites is 3. The Kier molecular flexibility index (Phi) is 3.28. The summed E-state index contributed by atoms with van der Waals surface area (Å²) < 4.78 is 0. The van der Waals surface area contributed by atoms with E-state index in [4.69, 9.17) is 5.73 Å². The predicted octanol–water partition coefficient (Wildman–Crippen LogP) is 3.09. The number of hydrogen-bond donors (Lipinski definition) is 1. The molecule has 0 bridgehead atoms. The maximum Gasteiger partial charge on any atom is 0.258 e. The number of nitrogens with two attached hydrogens (primary N) is 1. The monoisotopic (exact) mass is 277 g/mol. The van der Waals surface area contributed by atoms with Crippen molar-refractivity contribution in [2.45, 2.75) is 0 Å². The molecule has 4 nitrogen and oxygen atoms in total. The Balaban J connectivity index is 2.07. The second-order valence-electron chi connectivity index (χ2n) is 4.80. The summed E-state index contributed by atoms with van der Waals surface area (Å²) in [7, 11) is 1.73. The third-order valence-electron chi connectivity index (χ3n) is 3.48. The van der Waals surface area contributed by atoms with E-state index in [1.807, 2.05) is 42.5 Å². The molecule has 0 saturated heterocycles. The summed E-state index contributed by atoms with van der Waals surface area (Å²) >= 11 is 0. The minimum absolute atomic E-state index is 0.105. The number of carbonyl (C=O) groups excluding carboxylic acids is 1. The molecule has 0 radical (unpaired) electrons. The molecule has 104 valence electrons. The van der Waals surface area contributed by atoms with Gasteiger partial charge in [0.1, 0.15) is 0 Å². The number of pyridine rings is 1. The van der Waals surface area contributed by atoms with E-state index >= 15 is 0 Å². The summed E-state index contributed by atoms with van der Waals surface area (Å²) in [5.74, 6) is -0.105. The lowest BCUT2D eigenvalue weighted by atomic mass is 10.1. The largest absolute Gasteiger partial charge is 0.397 e. The average Bonchev–Trinajstić information content (AvgIpc) is 2.53. The van der Waals surface area contributed by atoms with Gasteiger partial charge in [0.2, 0.25) is 0 Å². The van der Waals surface area contributed by atoms with Crippen molar-refractivity contribution >= 4 is 28.2 Å². The molecule has 1 heterocycles. The van der Waals surface area contributed by atoms with Crippen molar-refractivity contribution in [2.24, 2.45) is 0 Å². The van der Waals surface area contributed by atoms with Crippen molar-refractivity contribution in [1.29, 1.82) is 0 Å². The minimum Gasteiger partial charge on any atom is -0.397 e. The zero-order valence-corrected chi connectivity index (χ0v) is 11.7. The van der Waals surface area contributed by atoms with Gasteiger partial charge in [-0.3, -0.25) is 9.78 Å². The van der Waals surface area contributed by atoms with E-state index in [-0.39, 0.29) is 5.91 Å². The smallest absolute Gasteiger partial charge is 0.258 e. The van der Waals surface area contributed by atoms with E-state index in [0.717, 1.165) is 10.9 Å². The molecule has 0 spiro atoms. The molecule has 4 heteroatoms. The molecule has 21 heavy (non-hydrogen) atoms. The Labute approximate surface area is 122 Å². The van der Waals surface area contributed by atoms with Gasteiger partial charge >= 0.3 is 0 Å². The molecule has 0 saturated carbocycles. The Morgan fingerprint density at radius 3 is 2.57 bits per heavy atom. The van der Waals surface area contributed by atoms with Crippen LogP contribution >= 0.6 is 0 Å². The van der Waals surface area contributed by atoms with E-state index in [9.17, 15) is 4.79 Å². The summed E-state index contributed by atoms with van der Waals surface area (Å²) in [6.07, 6.45) is 1.65. The molecule has 0 aliphatic heterocycles. The molecule has 0 fully saturated rings. The topological polar surface area (TPSA) is 59.2 Å². The summed E-state index contributed by atoms with van der Waals surface area (Å²) in [6.45, 7) is 0. The first-order valence-electron chi connectivity index (χ1n) is 6.65. The Bertz CT molecular complexity index is 808. The van der Waals surface area contributed by atoms with Crippen LogP contribution in [-0.4, -0.2) is 17.9 Å². The van der Waals surface area contributed by atoms with Crippen LogP contribution in [0, 0.1) is 0 Å². The van der Waals surface area contributed by atoms with Crippen molar-refractivity contribution < 1.29 is 4.79 Å². The number of fused-ring (bicyclic) bond motifs is 1. The first kappa shape index (κ1) is 13.1. The zero-order valence-electron chi connectivity index (χ0n) is 11.7. The van der Waals surface area contributed by atoms with Crippen LogP contribution in [0.4, 0.5) is 11.4 Å². The van der Waals surface area contributed by atoms with Gasteiger partial charge in [-0.25, -0.2) is 0 Å². The normalized spacial score (nSPS) is 10.5. The van der Waals surface area contributed by atoms with E-state index in [1.54, 1.807) is 30.3 Å². The van der Waals surface area contributed by atoms with Crippen molar-refractivity contribution in [1.82, 2.24) is 4.98 Å². The number of nitrogen functional groups attached to an aromatic ring is 1. The lowest BCUT2D eigenvalue weighted by Crippen LogP contribution is -2.27. The molecular formula is C17H15N3O. The quantitative estimate of drug-likeness (QED) is 0.732. The molecule has 0 unspecified atom stereocenters. The fourth-order valence-corrected chi connectivity index (χ4v) is 2.37. The maximum atomic E-state index is 12.8. The van der Waals surface area contributed by atoms with Gasteiger partial charge in [0, 0.05) is 18.6 Å². The highest BCUT2D eigenvalue weighted by Crippen LogP contribution is 2.25. The number of hydrogen-bond acceptors (Lipinski definition) is 3. The highest BCUT2D eigenvalue weighted by Gasteiger charge is 2.17. The van der Waals surface area contributed by atoms with Gasteiger partial charge in [0.05, 0.1) is 22.5 Å². The first-order valence-corrected chi connectivity index (χ1v) is 6.65. The summed E-state index contributed by atoms with van der Waals surface area (Å²) in [4.78, 5) is 18.6. The van der Waals surface area contributed by atoms with Crippen molar-refractivity contribution in [3.8, 4) is 0 Å². The van der Waals surface area contributed by atoms with Gasteiger partial charge in [-0.1, -0.05) is 30.3 Å². The van der Waals surface area contributed by atoms with E-state index in [2.05, 4.69) is 4.98 Å². The van der Waals surface area contributed by atoms with Crippen LogP contribution < -0.4 is 10.6 Å². The highest BCUT2D eigenvalue weighted by atomic mass is 16.2. The summed E-state index contributed by atoms with van der Waals surface area (Å²) in [5.41, 5.74) is 8.64. The summed E-state index contributed by atoms with van der Waals surface area (Å²) in [5, 5.41) is 0.839. The number of anilines is 2. The number of benzene rings is 2. The molecule has 0 aliphatic carbocycles. The van der Waals surface area contributed by atoms with Gasteiger partial charge < -0.3 is 10.6 Å². The molecule has 3 aromatic rings. The minimum atomic E-state index is -0.105. The molecule has 0 atom stereocenters. The summed E-state index contributed by atoms with van der Waals surface area (Å²) in [6, 6.07) is 16.7. The number of aromatic nitrogens is 1. The number of rotatable bonds is 2. The van der Waals surface area contributed by atoms with Crippen LogP contribution in [0.2, 0.25) is 0 Å². The Morgan fingerprint density at radius 2 is 1.76 bits per heavy atom. The van der Waals surface area contributed by atoms with Crippen molar-refractivity contribution in [3.63, 3.8) is 0 Å². The van der Waals surface area contributed by atoms with Crippen LogP contribution in [0.15, 0.2) is 60.8 Å².